The first-order chi connectivity index (χ1) is 12.9. The van der Waals surface area contributed by atoms with E-state index >= 15 is 0 Å². The molecule has 1 amide bonds. The highest BCUT2D eigenvalue weighted by Gasteiger charge is 2.07. The fraction of sp³-hybridized carbons (Fsp3) is 0.200. The Morgan fingerprint density at radius 1 is 1.07 bits per heavy atom. The maximum atomic E-state index is 13.4. The number of amides is 1. The predicted octanol–water partition coefficient (Wildman–Crippen LogP) is 3.35. The van der Waals surface area contributed by atoms with Gasteiger partial charge in [0.1, 0.15) is 17.3 Å². The third-order valence-corrected chi connectivity index (χ3v) is 3.59. The SMILES string of the molecule is COc1cc(/C=C/C(=O)OCC(=O)Nc2ccc(C)c(F)c2)cc(OC)c1. The first kappa shape index (κ1) is 20.0. The van der Waals surface area contributed by atoms with E-state index in [0.29, 0.717) is 22.6 Å². The van der Waals surface area contributed by atoms with Crippen molar-refractivity contribution in [2.45, 2.75) is 6.92 Å². The molecule has 0 saturated heterocycles. The zero-order valence-corrected chi connectivity index (χ0v) is 15.2. The van der Waals surface area contributed by atoms with E-state index in [4.69, 9.17) is 14.2 Å². The second-order valence-corrected chi connectivity index (χ2v) is 5.60. The van der Waals surface area contributed by atoms with E-state index in [2.05, 4.69) is 5.32 Å². The minimum absolute atomic E-state index is 0.290. The number of nitrogens with one attached hydrogen (secondary N) is 1. The molecule has 0 aliphatic carbocycles. The number of hydrogen-bond acceptors (Lipinski definition) is 5. The van der Waals surface area contributed by atoms with Crippen LogP contribution in [-0.4, -0.2) is 32.7 Å². The van der Waals surface area contributed by atoms with Crippen LogP contribution < -0.4 is 14.8 Å². The summed E-state index contributed by atoms with van der Waals surface area (Å²) in [5, 5.41) is 2.46. The van der Waals surface area contributed by atoms with Crippen molar-refractivity contribution in [2.75, 3.05) is 26.1 Å². The molecule has 0 bridgehead atoms. The van der Waals surface area contributed by atoms with Crippen LogP contribution in [0.5, 0.6) is 11.5 Å². The minimum atomic E-state index is -0.693. The van der Waals surface area contributed by atoms with E-state index in [1.54, 1.807) is 37.3 Å². The highest BCUT2D eigenvalue weighted by atomic mass is 19.1. The minimum Gasteiger partial charge on any atom is -0.497 e. The van der Waals surface area contributed by atoms with Gasteiger partial charge >= 0.3 is 5.97 Å². The van der Waals surface area contributed by atoms with Crippen LogP contribution in [0.1, 0.15) is 11.1 Å². The summed E-state index contributed by atoms with van der Waals surface area (Å²) in [4.78, 5) is 23.6. The Kier molecular flexibility index (Phi) is 6.93. The monoisotopic (exact) mass is 373 g/mol. The summed E-state index contributed by atoms with van der Waals surface area (Å²) in [6.45, 7) is 1.13. The number of carbonyl (C=O) groups is 2. The molecule has 0 aliphatic rings. The van der Waals surface area contributed by atoms with Crippen molar-refractivity contribution >= 4 is 23.6 Å². The molecular formula is C20H20FNO5. The first-order valence-corrected chi connectivity index (χ1v) is 8.05. The maximum Gasteiger partial charge on any atom is 0.331 e. The van der Waals surface area contributed by atoms with Gasteiger partial charge in [-0.1, -0.05) is 6.07 Å². The van der Waals surface area contributed by atoms with Gasteiger partial charge in [0.05, 0.1) is 14.2 Å². The third kappa shape index (κ3) is 6.14. The number of ether oxygens (including phenoxy) is 3. The largest absolute Gasteiger partial charge is 0.497 e. The van der Waals surface area contributed by atoms with Gasteiger partial charge in [0, 0.05) is 17.8 Å². The van der Waals surface area contributed by atoms with Crippen LogP contribution >= 0.6 is 0 Å². The Hall–Kier alpha value is -3.35. The number of aryl methyl sites for hydroxylation is 1. The second kappa shape index (κ2) is 9.38. The molecule has 2 rings (SSSR count). The quantitative estimate of drug-likeness (QED) is 0.595. The molecule has 2 aromatic carbocycles. The van der Waals surface area contributed by atoms with Gasteiger partial charge in [0.2, 0.25) is 0 Å². The van der Waals surface area contributed by atoms with Crippen molar-refractivity contribution < 1.29 is 28.2 Å². The smallest absolute Gasteiger partial charge is 0.331 e. The van der Waals surface area contributed by atoms with E-state index in [9.17, 15) is 14.0 Å². The second-order valence-electron chi connectivity index (χ2n) is 5.60. The molecule has 0 aliphatic heterocycles. The van der Waals surface area contributed by atoms with Crippen LogP contribution in [-0.2, 0) is 14.3 Å². The fourth-order valence-electron chi connectivity index (χ4n) is 2.14. The van der Waals surface area contributed by atoms with Gasteiger partial charge in [-0.05, 0) is 48.4 Å². The number of benzene rings is 2. The van der Waals surface area contributed by atoms with Crippen molar-refractivity contribution in [1.29, 1.82) is 0 Å². The van der Waals surface area contributed by atoms with Gasteiger partial charge in [-0.2, -0.15) is 0 Å². The van der Waals surface area contributed by atoms with Crippen LogP contribution in [0.3, 0.4) is 0 Å². The molecule has 2 aromatic rings. The molecule has 0 spiro atoms. The summed E-state index contributed by atoms with van der Waals surface area (Å²) in [7, 11) is 3.05. The molecular weight excluding hydrogens is 353 g/mol. The molecule has 142 valence electrons. The van der Waals surface area contributed by atoms with E-state index in [1.165, 1.54) is 32.4 Å². The standard InChI is InChI=1S/C20H20FNO5/c1-13-4-6-15(10-18(13)21)22-19(23)12-27-20(24)7-5-14-8-16(25-2)11-17(9-14)26-3/h4-11H,12H2,1-3H3,(H,22,23)/b7-5+. The Morgan fingerprint density at radius 2 is 1.74 bits per heavy atom. The Balaban J connectivity index is 1.89. The number of esters is 1. The van der Waals surface area contributed by atoms with Gasteiger partial charge in [-0.15, -0.1) is 0 Å². The van der Waals surface area contributed by atoms with Crippen molar-refractivity contribution in [3.8, 4) is 11.5 Å². The van der Waals surface area contributed by atoms with Crippen LogP contribution in [0.15, 0.2) is 42.5 Å². The van der Waals surface area contributed by atoms with E-state index in [-0.39, 0.29) is 5.69 Å². The van der Waals surface area contributed by atoms with E-state index < -0.39 is 24.3 Å². The lowest BCUT2D eigenvalue weighted by molar-refractivity contribution is -0.142. The molecule has 0 fully saturated rings. The molecule has 0 heterocycles. The lowest BCUT2D eigenvalue weighted by atomic mass is 10.2. The van der Waals surface area contributed by atoms with Gasteiger partial charge in [0.15, 0.2) is 6.61 Å². The number of carbonyl (C=O) groups excluding carboxylic acids is 2. The summed E-state index contributed by atoms with van der Waals surface area (Å²) in [5.41, 5.74) is 1.43. The third-order valence-electron chi connectivity index (χ3n) is 3.59. The van der Waals surface area contributed by atoms with Crippen molar-refractivity contribution in [3.05, 3.63) is 59.4 Å². The van der Waals surface area contributed by atoms with E-state index in [0.717, 1.165) is 0 Å². The molecule has 0 aromatic heterocycles. The van der Waals surface area contributed by atoms with Crippen LogP contribution in [0.25, 0.3) is 6.08 Å². The summed E-state index contributed by atoms with van der Waals surface area (Å²) in [6, 6.07) is 9.44. The average Bonchev–Trinajstić information content (AvgIpc) is 2.67. The average molecular weight is 373 g/mol. The molecule has 0 atom stereocenters. The van der Waals surface area contributed by atoms with Crippen LogP contribution in [0, 0.1) is 12.7 Å². The van der Waals surface area contributed by atoms with Gasteiger partial charge in [0.25, 0.3) is 5.91 Å². The van der Waals surface area contributed by atoms with Crippen molar-refractivity contribution in [1.82, 2.24) is 0 Å². The predicted molar refractivity (Wildman–Crippen MR) is 99.3 cm³/mol. The molecule has 27 heavy (non-hydrogen) atoms. The number of anilines is 1. The normalized spacial score (nSPS) is 10.5. The molecule has 1 N–H and O–H groups in total. The van der Waals surface area contributed by atoms with Crippen molar-refractivity contribution in [2.24, 2.45) is 0 Å². The molecule has 0 radical (unpaired) electrons. The summed E-state index contributed by atoms with van der Waals surface area (Å²) >= 11 is 0. The Morgan fingerprint density at radius 3 is 2.33 bits per heavy atom. The van der Waals surface area contributed by atoms with Crippen molar-refractivity contribution in [3.63, 3.8) is 0 Å². The molecule has 0 unspecified atom stereocenters. The number of rotatable bonds is 7. The summed E-state index contributed by atoms with van der Waals surface area (Å²) in [5.74, 6) is -0.536. The first-order valence-electron chi connectivity index (χ1n) is 8.05. The van der Waals surface area contributed by atoms with Gasteiger partial charge in [-0.3, -0.25) is 4.79 Å². The molecule has 6 nitrogen and oxygen atoms in total. The maximum absolute atomic E-state index is 13.4. The van der Waals surface area contributed by atoms with E-state index in [1.807, 2.05) is 0 Å². The fourth-order valence-corrected chi connectivity index (χ4v) is 2.14. The number of methoxy groups -OCH3 is 2. The topological polar surface area (TPSA) is 73.9 Å². The lowest BCUT2D eigenvalue weighted by Gasteiger charge is -2.07. The summed E-state index contributed by atoms with van der Waals surface area (Å²) in [6.07, 6.45) is 2.70. The highest BCUT2D eigenvalue weighted by Crippen LogP contribution is 2.23. The van der Waals surface area contributed by atoms with Gasteiger partial charge < -0.3 is 19.5 Å². The Bertz CT molecular complexity index is 841. The number of halogens is 1. The Labute approximate surface area is 156 Å². The molecule has 0 saturated carbocycles. The zero-order valence-electron chi connectivity index (χ0n) is 15.2. The highest BCUT2D eigenvalue weighted by molar-refractivity contribution is 5.94. The van der Waals surface area contributed by atoms with Gasteiger partial charge in [-0.25, -0.2) is 9.18 Å². The number of hydrogen-bond donors (Lipinski definition) is 1. The lowest BCUT2D eigenvalue weighted by Crippen LogP contribution is -2.20. The zero-order chi connectivity index (χ0) is 19.8. The van der Waals surface area contributed by atoms with Crippen LogP contribution in [0.4, 0.5) is 10.1 Å². The summed E-state index contributed by atoms with van der Waals surface area (Å²) < 4.78 is 28.6. The van der Waals surface area contributed by atoms with Crippen LogP contribution in [0.2, 0.25) is 0 Å². The molecule has 7 heteroatoms.